The fourth-order valence-electron chi connectivity index (χ4n) is 3.70. The van der Waals surface area contributed by atoms with E-state index in [0.29, 0.717) is 22.9 Å². The van der Waals surface area contributed by atoms with Crippen molar-refractivity contribution in [2.24, 2.45) is 0 Å². The number of hydrogen-bond donors (Lipinski definition) is 3. The van der Waals surface area contributed by atoms with Crippen LogP contribution in [-0.4, -0.2) is 24.3 Å². The van der Waals surface area contributed by atoms with Crippen LogP contribution in [0.3, 0.4) is 0 Å². The molecule has 3 N–H and O–H groups in total. The molecular formula is C24H21FN4O3S. The normalized spacial score (nSPS) is 14.1. The van der Waals surface area contributed by atoms with Crippen molar-refractivity contribution in [3.05, 3.63) is 83.9 Å². The Morgan fingerprint density at radius 1 is 0.970 bits per heavy atom. The van der Waals surface area contributed by atoms with Crippen LogP contribution in [0.2, 0.25) is 0 Å². The highest BCUT2D eigenvalue weighted by Crippen LogP contribution is 2.35. The molecule has 33 heavy (non-hydrogen) atoms. The largest absolute Gasteiger partial charge is 0.342 e. The number of H-pyrrole nitrogens is 1. The maximum atomic E-state index is 13.0. The van der Waals surface area contributed by atoms with Gasteiger partial charge in [0.25, 0.3) is 15.9 Å². The van der Waals surface area contributed by atoms with Gasteiger partial charge in [-0.05, 0) is 79.6 Å². The van der Waals surface area contributed by atoms with Gasteiger partial charge in [-0.1, -0.05) is 6.42 Å². The Morgan fingerprint density at radius 2 is 1.67 bits per heavy atom. The highest BCUT2D eigenvalue weighted by molar-refractivity contribution is 7.92. The van der Waals surface area contributed by atoms with E-state index in [1.165, 1.54) is 42.8 Å². The summed E-state index contributed by atoms with van der Waals surface area (Å²) >= 11 is 0. The second-order valence-corrected chi connectivity index (χ2v) is 9.76. The number of sulfonamides is 1. The van der Waals surface area contributed by atoms with Gasteiger partial charge in [0.15, 0.2) is 0 Å². The molecule has 0 aliphatic heterocycles. The predicted molar refractivity (Wildman–Crippen MR) is 124 cm³/mol. The Kier molecular flexibility index (Phi) is 5.33. The number of hydrogen-bond acceptors (Lipinski definition) is 4. The molecule has 1 aliphatic rings. The first kappa shape index (κ1) is 21.1. The van der Waals surface area contributed by atoms with Crippen LogP contribution in [0.25, 0.3) is 11.0 Å². The maximum Gasteiger partial charge on any atom is 0.261 e. The summed E-state index contributed by atoms with van der Waals surface area (Å²) in [5.41, 5.74) is 3.04. The lowest BCUT2D eigenvalue weighted by Crippen LogP contribution is -2.14. The van der Waals surface area contributed by atoms with Crippen molar-refractivity contribution in [1.82, 2.24) is 9.97 Å². The molecule has 0 atom stereocenters. The maximum absolute atomic E-state index is 13.0. The van der Waals surface area contributed by atoms with Crippen molar-refractivity contribution >= 4 is 38.3 Å². The number of rotatable bonds is 6. The summed E-state index contributed by atoms with van der Waals surface area (Å²) in [6.45, 7) is 0. The van der Waals surface area contributed by atoms with Gasteiger partial charge in [-0.25, -0.2) is 17.8 Å². The first-order chi connectivity index (χ1) is 15.9. The number of carbonyl (C=O) groups excluding carboxylic acids is 1. The van der Waals surface area contributed by atoms with Gasteiger partial charge in [0, 0.05) is 22.9 Å². The Labute approximate surface area is 190 Å². The first-order valence-corrected chi connectivity index (χ1v) is 12.1. The molecule has 0 saturated heterocycles. The molecule has 1 amide bonds. The molecule has 1 aromatic heterocycles. The Balaban J connectivity index is 1.27. The van der Waals surface area contributed by atoms with Crippen molar-refractivity contribution in [3.8, 4) is 0 Å². The van der Waals surface area contributed by atoms with Gasteiger partial charge in [-0.2, -0.15) is 0 Å². The highest BCUT2D eigenvalue weighted by atomic mass is 32.2. The minimum Gasteiger partial charge on any atom is -0.342 e. The van der Waals surface area contributed by atoms with Crippen molar-refractivity contribution in [3.63, 3.8) is 0 Å². The highest BCUT2D eigenvalue weighted by Gasteiger charge is 2.22. The average molecular weight is 465 g/mol. The minimum atomic E-state index is -3.86. The van der Waals surface area contributed by atoms with E-state index >= 15 is 0 Å². The molecule has 168 valence electrons. The van der Waals surface area contributed by atoms with Crippen molar-refractivity contribution < 1.29 is 17.6 Å². The molecule has 1 heterocycles. The second kappa shape index (κ2) is 8.32. The smallest absolute Gasteiger partial charge is 0.261 e. The summed E-state index contributed by atoms with van der Waals surface area (Å²) in [6.07, 6.45) is 3.54. The zero-order chi connectivity index (χ0) is 23.0. The number of aromatic nitrogens is 2. The fourth-order valence-corrected chi connectivity index (χ4v) is 4.76. The molecule has 1 saturated carbocycles. The van der Waals surface area contributed by atoms with Gasteiger partial charge in [0.05, 0.1) is 15.9 Å². The van der Waals surface area contributed by atoms with E-state index in [4.69, 9.17) is 0 Å². The molecule has 5 rings (SSSR count). The van der Waals surface area contributed by atoms with E-state index in [-0.39, 0.29) is 10.8 Å². The zero-order valence-electron chi connectivity index (χ0n) is 17.5. The van der Waals surface area contributed by atoms with Crippen LogP contribution in [-0.2, 0) is 10.0 Å². The Hall–Kier alpha value is -3.72. The van der Waals surface area contributed by atoms with E-state index in [0.717, 1.165) is 41.8 Å². The summed E-state index contributed by atoms with van der Waals surface area (Å²) in [5, 5.41) is 2.85. The van der Waals surface area contributed by atoms with Crippen LogP contribution in [0.1, 0.15) is 41.4 Å². The molecule has 9 heteroatoms. The molecule has 0 radical (unpaired) electrons. The lowest BCUT2D eigenvalue weighted by atomic mass is 9.85. The van der Waals surface area contributed by atoms with Gasteiger partial charge in [-0.3, -0.25) is 9.52 Å². The van der Waals surface area contributed by atoms with Crippen molar-refractivity contribution in [2.45, 2.75) is 30.1 Å². The van der Waals surface area contributed by atoms with Gasteiger partial charge < -0.3 is 10.3 Å². The summed E-state index contributed by atoms with van der Waals surface area (Å²) in [7, 11) is -3.86. The van der Waals surface area contributed by atoms with Crippen LogP contribution in [0.15, 0.2) is 71.6 Å². The topological polar surface area (TPSA) is 104 Å². The number of anilines is 2. The number of nitrogens with one attached hydrogen (secondary N) is 3. The number of fused-ring (bicyclic) bond motifs is 1. The zero-order valence-corrected chi connectivity index (χ0v) is 18.3. The Bertz CT molecular complexity index is 1430. The molecule has 0 bridgehead atoms. The lowest BCUT2D eigenvalue weighted by molar-refractivity contribution is 0.102. The summed E-state index contributed by atoms with van der Waals surface area (Å²) in [4.78, 5) is 20.6. The van der Waals surface area contributed by atoms with Crippen LogP contribution in [0.4, 0.5) is 15.8 Å². The fraction of sp³-hybridized carbons (Fsp3) is 0.167. The first-order valence-electron chi connectivity index (χ1n) is 10.6. The van der Waals surface area contributed by atoms with E-state index in [1.54, 1.807) is 6.07 Å². The summed E-state index contributed by atoms with van der Waals surface area (Å²) in [5.74, 6) is 0.656. The number of halogens is 1. The monoisotopic (exact) mass is 464 g/mol. The molecule has 3 aromatic carbocycles. The molecule has 1 fully saturated rings. The van der Waals surface area contributed by atoms with Gasteiger partial charge in [-0.15, -0.1) is 0 Å². The number of carbonyl (C=O) groups is 1. The number of nitrogens with zero attached hydrogens (tertiary/aromatic N) is 1. The predicted octanol–water partition coefficient (Wildman–Crippen LogP) is 5.02. The summed E-state index contributed by atoms with van der Waals surface area (Å²) in [6, 6.07) is 16.1. The summed E-state index contributed by atoms with van der Waals surface area (Å²) < 4.78 is 40.3. The molecule has 4 aromatic rings. The van der Waals surface area contributed by atoms with E-state index in [2.05, 4.69) is 20.0 Å². The van der Waals surface area contributed by atoms with Crippen LogP contribution in [0, 0.1) is 5.82 Å². The number of amides is 1. The molecular weight excluding hydrogens is 443 g/mol. The quantitative estimate of drug-likeness (QED) is 0.373. The van der Waals surface area contributed by atoms with Crippen LogP contribution < -0.4 is 10.0 Å². The van der Waals surface area contributed by atoms with Crippen LogP contribution in [0.5, 0.6) is 0 Å². The number of aromatic amines is 1. The SMILES string of the molecule is O=C(Nc1ccc2nc(C3CCC3)[nH]c2c1)c1ccc(NS(=O)(=O)c2ccc(F)cc2)cc1. The third-order valence-electron chi connectivity index (χ3n) is 5.77. The average Bonchev–Trinajstić information content (AvgIpc) is 3.15. The van der Waals surface area contributed by atoms with Crippen molar-refractivity contribution in [1.29, 1.82) is 0 Å². The van der Waals surface area contributed by atoms with E-state index in [9.17, 15) is 17.6 Å². The molecule has 7 nitrogen and oxygen atoms in total. The number of imidazole rings is 1. The Morgan fingerprint density at radius 3 is 2.33 bits per heavy atom. The van der Waals surface area contributed by atoms with Gasteiger partial charge in [0.2, 0.25) is 0 Å². The molecule has 0 unspecified atom stereocenters. The lowest BCUT2D eigenvalue weighted by Gasteiger charge is -2.22. The van der Waals surface area contributed by atoms with Crippen molar-refractivity contribution in [2.75, 3.05) is 10.0 Å². The van der Waals surface area contributed by atoms with Gasteiger partial charge >= 0.3 is 0 Å². The number of benzene rings is 3. The van der Waals surface area contributed by atoms with Crippen LogP contribution >= 0.6 is 0 Å². The third kappa shape index (κ3) is 4.45. The molecule has 1 aliphatic carbocycles. The third-order valence-corrected chi connectivity index (χ3v) is 7.17. The standard InChI is InChI=1S/C24H21FN4O3S/c25-17-6-11-20(12-7-17)33(31,32)29-18-8-4-16(5-9-18)24(30)26-19-10-13-21-22(14-19)28-23(27-21)15-2-1-3-15/h4-15,29H,1-3H2,(H,26,30)(H,27,28). The molecule has 0 spiro atoms. The minimum absolute atomic E-state index is 0.0552. The second-order valence-electron chi connectivity index (χ2n) is 8.07. The van der Waals surface area contributed by atoms with Gasteiger partial charge in [0.1, 0.15) is 11.6 Å². The van der Waals surface area contributed by atoms with E-state index in [1.807, 2.05) is 12.1 Å². The van der Waals surface area contributed by atoms with E-state index < -0.39 is 15.8 Å².